The van der Waals surface area contributed by atoms with Crippen molar-refractivity contribution in [3.8, 4) is 0 Å². The molecule has 0 spiro atoms. The van der Waals surface area contributed by atoms with Crippen LogP contribution in [0.2, 0.25) is 0 Å². The number of hydrogen-bond donors (Lipinski definition) is 2. The second kappa shape index (κ2) is 8.40. The van der Waals surface area contributed by atoms with Gasteiger partial charge in [0, 0.05) is 35.3 Å². The highest BCUT2D eigenvalue weighted by Crippen LogP contribution is 2.16. The van der Waals surface area contributed by atoms with Crippen LogP contribution in [-0.2, 0) is 11.3 Å². The van der Waals surface area contributed by atoms with E-state index < -0.39 is 5.82 Å². The van der Waals surface area contributed by atoms with Crippen molar-refractivity contribution in [1.29, 1.82) is 0 Å². The molecule has 2 aromatic rings. The van der Waals surface area contributed by atoms with Gasteiger partial charge in [0.2, 0.25) is 5.91 Å². The monoisotopic (exact) mass is 390 g/mol. The third-order valence-electron chi connectivity index (χ3n) is 3.28. The van der Waals surface area contributed by atoms with Crippen LogP contribution in [0.25, 0.3) is 6.08 Å². The number of nitrogens with one attached hydrogen (secondary N) is 2. The fraction of sp³-hybridized carbons (Fsp3) is 0.111. The molecule has 2 rings (SSSR count). The predicted molar refractivity (Wildman–Crippen MR) is 94.8 cm³/mol. The van der Waals surface area contributed by atoms with E-state index in [1.165, 1.54) is 18.2 Å². The molecule has 2 amide bonds. The van der Waals surface area contributed by atoms with Crippen LogP contribution >= 0.6 is 15.9 Å². The summed E-state index contributed by atoms with van der Waals surface area (Å²) in [4.78, 5) is 23.2. The third kappa shape index (κ3) is 5.03. The van der Waals surface area contributed by atoms with E-state index in [0.29, 0.717) is 17.7 Å². The van der Waals surface area contributed by atoms with Gasteiger partial charge in [-0.25, -0.2) is 4.39 Å². The van der Waals surface area contributed by atoms with Crippen LogP contribution < -0.4 is 10.6 Å². The Morgan fingerprint density at radius 1 is 1.17 bits per heavy atom. The lowest BCUT2D eigenvalue weighted by molar-refractivity contribution is -0.116. The van der Waals surface area contributed by atoms with E-state index in [-0.39, 0.29) is 11.8 Å². The van der Waals surface area contributed by atoms with Crippen molar-refractivity contribution in [2.24, 2.45) is 0 Å². The molecule has 24 heavy (non-hydrogen) atoms. The first-order chi connectivity index (χ1) is 11.5. The summed E-state index contributed by atoms with van der Waals surface area (Å²) >= 11 is 3.26. The molecule has 0 aliphatic heterocycles. The summed E-state index contributed by atoms with van der Waals surface area (Å²) in [5.74, 6) is -0.888. The first kappa shape index (κ1) is 17.9. The van der Waals surface area contributed by atoms with E-state index in [1.54, 1.807) is 43.4 Å². The molecule has 0 atom stereocenters. The van der Waals surface area contributed by atoms with Crippen molar-refractivity contribution >= 4 is 33.8 Å². The molecule has 0 heterocycles. The van der Waals surface area contributed by atoms with E-state index in [9.17, 15) is 14.0 Å². The molecule has 2 N–H and O–H groups in total. The predicted octanol–water partition coefficient (Wildman–Crippen LogP) is 3.28. The van der Waals surface area contributed by atoms with Gasteiger partial charge in [-0.3, -0.25) is 9.59 Å². The van der Waals surface area contributed by atoms with Gasteiger partial charge in [-0.2, -0.15) is 0 Å². The first-order valence-corrected chi connectivity index (χ1v) is 8.01. The summed E-state index contributed by atoms with van der Waals surface area (Å²) in [6.45, 7) is 0.318. The molecular formula is C18H16BrFN2O2. The van der Waals surface area contributed by atoms with E-state index in [1.807, 2.05) is 0 Å². The molecule has 124 valence electrons. The van der Waals surface area contributed by atoms with Crippen LogP contribution in [0.4, 0.5) is 4.39 Å². The highest BCUT2D eigenvalue weighted by Gasteiger charge is 2.03. The Morgan fingerprint density at radius 2 is 1.88 bits per heavy atom. The van der Waals surface area contributed by atoms with Gasteiger partial charge in [-0.15, -0.1) is 0 Å². The van der Waals surface area contributed by atoms with Crippen molar-refractivity contribution in [3.05, 3.63) is 75.5 Å². The van der Waals surface area contributed by atoms with Gasteiger partial charge in [0.25, 0.3) is 5.91 Å². The maximum Gasteiger partial charge on any atom is 0.251 e. The Kier molecular flexibility index (Phi) is 6.26. The molecule has 0 saturated carbocycles. The van der Waals surface area contributed by atoms with Crippen molar-refractivity contribution in [3.63, 3.8) is 0 Å². The molecule has 6 heteroatoms. The minimum Gasteiger partial charge on any atom is -0.355 e. The summed E-state index contributed by atoms with van der Waals surface area (Å²) < 4.78 is 14.3. The van der Waals surface area contributed by atoms with Crippen LogP contribution in [-0.4, -0.2) is 18.9 Å². The van der Waals surface area contributed by atoms with Crippen LogP contribution in [0.15, 0.2) is 53.0 Å². The normalized spacial score (nSPS) is 10.6. The zero-order valence-corrected chi connectivity index (χ0v) is 14.6. The minimum absolute atomic E-state index is 0.162. The molecule has 0 fully saturated rings. The molecule has 0 radical (unpaired) electrons. The lowest BCUT2D eigenvalue weighted by Crippen LogP contribution is -2.20. The molecule has 0 aliphatic rings. The van der Waals surface area contributed by atoms with E-state index in [2.05, 4.69) is 26.6 Å². The number of carbonyl (C=O) groups excluding carboxylic acids is 2. The van der Waals surface area contributed by atoms with Crippen molar-refractivity contribution in [2.45, 2.75) is 6.54 Å². The zero-order valence-electron chi connectivity index (χ0n) is 13.0. The van der Waals surface area contributed by atoms with Crippen LogP contribution in [0.1, 0.15) is 21.5 Å². The maximum atomic E-state index is 13.6. The quantitative estimate of drug-likeness (QED) is 0.769. The summed E-state index contributed by atoms with van der Waals surface area (Å²) in [5.41, 5.74) is 1.74. The minimum atomic E-state index is -0.396. The molecule has 0 unspecified atom stereocenters. The SMILES string of the molecule is CNC(=O)c1ccc(CNC(=O)/C=C/c2cc(Br)ccc2F)cc1. The average Bonchev–Trinajstić information content (AvgIpc) is 2.60. The van der Waals surface area contributed by atoms with Gasteiger partial charge in [0.05, 0.1) is 0 Å². The topological polar surface area (TPSA) is 58.2 Å². The second-order valence-corrected chi connectivity index (χ2v) is 5.91. The number of benzene rings is 2. The number of hydrogen-bond acceptors (Lipinski definition) is 2. The zero-order chi connectivity index (χ0) is 17.5. The van der Waals surface area contributed by atoms with E-state index in [0.717, 1.165) is 10.0 Å². The Hall–Kier alpha value is -2.47. The van der Waals surface area contributed by atoms with E-state index in [4.69, 9.17) is 0 Å². The molecule has 0 aromatic heterocycles. The van der Waals surface area contributed by atoms with Crippen LogP contribution in [0.5, 0.6) is 0 Å². The van der Waals surface area contributed by atoms with Gasteiger partial charge >= 0.3 is 0 Å². The van der Waals surface area contributed by atoms with Gasteiger partial charge in [0.1, 0.15) is 5.82 Å². The lowest BCUT2D eigenvalue weighted by atomic mass is 10.1. The Bertz CT molecular complexity index is 773. The summed E-state index contributed by atoms with van der Waals surface area (Å²) in [7, 11) is 1.57. The van der Waals surface area contributed by atoms with Gasteiger partial charge in [-0.1, -0.05) is 28.1 Å². The Balaban J connectivity index is 1.92. The van der Waals surface area contributed by atoms with Gasteiger partial charge < -0.3 is 10.6 Å². The molecule has 0 bridgehead atoms. The van der Waals surface area contributed by atoms with Gasteiger partial charge in [0.15, 0.2) is 0 Å². The number of halogens is 2. The second-order valence-electron chi connectivity index (χ2n) is 4.99. The highest BCUT2D eigenvalue weighted by atomic mass is 79.9. The van der Waals surface area contributed by atoms with E-state index >= 15 is 0 Å². The van der Waals surface area contributed by atoms with Gasteiger partial charge in [-0.05, 0) is 42.0 Å². The molecule has 0 aliphatic carbocycles. The largest absolute Gasteiger partial charge is 0.355 e. The average molecular weight is 391 g/mol. The fourth-order valence-corrected chi connectivity index (χ4v) is 2.35. The summed E-state index contributed by atoms with van der Waals surface area (Å²) in [6.07, 6.45) is 2.70. The standard InChI is InChI=1S/C18H16BrFN2O2/c1-21-18(24)13-4-2-12(3-5-13)11-22-17(23)9-6-14-10-15(19)7-8-16(14)20/h2-10H,11H2,1H3,(H,21,24)(H,22,23)/b9-6+. The van der Waals surface area contributed by atoms with Crippen LogP contribution in [0.3, 0.4) is 0 Å². The Morgan fingerprint density at radius 3 is 2.54 bits per heavy atom. The lowest BCUT2D eigenvalue weighted by Gasteiger charge is -2.04. The third-order valence-corrected chi connectivity index (χ3v) is 3.78. The first-order valence-electron chi connectivity index (χ1n) is 7.21. The number of amides is 2. The molecular weight excluding hydrogens is 375 g/mol. The molecule has 2 aromatic carbocycles. The number of carbonyl (C=O) groups is 2. The Labute approximate surface area is 147 Å². The smallest absolute Gasteiger partial charge is 0.251 e. The molecule has 4 nitrogen and oxygen atoms in total. The molecule has 0 saturated heterocycles. The summed E-state index contributed by atoms with van der Waals surface area (Å²) in [5, 5.41) is 5.25. The maximum absolute atomic E-state index is 13.6. The van der Waals surface area contributed by atoms with Crippen molar-refractivity contribution in [1.82, 2.24) is 10.6 Å². The van der Waals surface area contributed by atoms with Crippen molar-refractivity contribution < 1.29 is 14.0 Å². The fourth-order valence-electron chi connectivity index (χ4n) is 1.97. The van der Waals surface area contributed by atoms with Crippen molar-refractivity contribution in [2.75, 3.05) is 7.05 Å². The highest BCUT2D eigenvalue weighted by molar-refractivity contribution is 9.10. The summed E-state index contributed by atoms with van der Waals surface area (Å²) in [6, 6.07) is 11.4. The van der Waals surface area contributed by atoms with Crippen LogP contribution in [0, 0.1) is 5.82 Å². The number of rotatable bonds is 5.